The quantitative estimate of drug-likeness (QED) is 0.712. The van der Waals surface area contributed by atoms with Crippen molar-refractivity contribution in [2.24, 2.45) is 0 Å². The average molecular weight is 372 g/mol. The van der Waals surface area contributed by atoms with Gasteiger partial charge in [0.1, 0.15) is 6.54 Å². The molecule has 3 aromatic rings. The van der Waals surface area contributed by atoms with Crippen LogP contribution in [0.4, 0.5) is 0 Å². The van der Waals surface area contributed by atoms with Crippen molar-refractivity contribution in [1.29, 1.82) is 0 Å². The van der Waals surface area contributed by atoms with Crippen LogP contribution in [0.2, 0.25) is 0 Å². The van der Waals surface area contributed by atoms with E-state index >= 15 is 0 Å². The number of nitrogens with one attached hydrogen (secondary N) is 1. The maximum absolute atomic E-state index is 12.2. The molecule has 1 N–H and O–H groups in total. The number of sulfonamides is 1. The van der Waals surface area contributed by atoms with Gasteiger partial charge in [0.05, 0.1) is 10.4 Å². The molecular formula is C18H20N4O3S. The Hall–Kier alpha value is -2.71. The minimum atomic E-state index is -3.49. The van der Waals surface area contributed by atoms with Crippen molar-refractivity contribution >= 4 is 26.8 Å². The van der Waals surface area contributed by atoms with E-state index in [0.29, 0.717) is 5.56 Å². The molecule has 1 heterocycles. The normalized spacial score (nSPS) is 11.8. The van der Waals surface area contributed by atoms with E-state index in [1.165, 1.54) is 20.2 Å². The largest absolute Gasteiger partial charge is 0.350 e. The number of nitrogens with zero attached hydrogens (tertiary/aromatic N) is 3. The molecule has 2 aromatic carbocycles. The number of amides is 1. The second-order valence-corrected chi connectivity index (χ2v) is 8.25. The van der Waals surface area contributed by atoms with Crippen molar-refractivity contribution in [3.8, 4) is 0 Å². The Kier molecular flexibility index (Phi) is 5.06. The maximum atomic E-state index is 12.2. The van der Waals surface area contributed by atoms with Gasteiger partial charge >= 0.3 is 0 Å². The number of carbonyl (C=O) groups is 1. The molecule has 3 rings (SSSR count). The fraction of sp³-hybridized carbons (Fsp3) is 0.222. The minimum Gasteiger partial charge on any atom is -0.350 e. The van der Waals surface area contributed by atoms with Crippen LogP contribution in [0.5, 0.6) is 0 Å². The molecule has 0 unspecified atom stereocenters. The SMILES string of the molecule is CN(C)S(=O)(=O)c1cccc(CNC(=O)Cn2cc3ccccc3n2)c1. The Bertz CT molecular complexity index is 1010. The van der Waals surface area contributed by atoms with Gasteiger partial charge in [-0.1, -0.05) is 30.3 Å². The molecule has 0 spiro atoms. The molecule has 1 aromatic heterocycles. The van der Waals surface area contributed by atoms with E-state index in [2.05, 4.69) is 10.4 Å². The first-order chi connectivity index (χ1) is 12.4. The minimum absolute atomic E-state index is 0.102. The van der Waals surface area contributed by atoms with Gasteiger partial charge in [0.2, 0.25) is 15.9 Å². The molecule has 0 saturated carbocycles. The van der Waals surface area contributed by atoms with Gasteiger partial charge < -0.3 is 5.32 Å². The highest BCUT2D eigenvalue weighted by atomic mass is 32.2. The predicted octanol–water partition coefficient (Wildman–Crippen LogP) is 1.60. The second kappa shape index (κ2) is 7.27. The van der Waals surface area contributed by atoms with Gasteiger partial charge in [-0.15, -0.1) is 0 Å². The van der Waals surface area contributed by atoms with Gasteiger partial charge in [0.25, 0.3) is 0 Å². The first-order valence-corrected chi connectivity index (χ1v) is 9.50. The number of rotatable bonds is 6. The van der Waals surface area contributed by atoms with Crippen LogP contribution in [-0.2, 0) is 27.9 Å². The zero-order valence-corrected chi connectivity index (χ0v) is 15.4. The molecule has 0 aliphatic carbocycles. The third-order valence-corrected chi connectivity index (χ3v) is 5.74. The van der Waals surface area contributed by atoms with E-state index in [0.717, 1.165) is 15.2 Å². The summed E-state index contributed by atoms with van der Waals surface area (Å²) in [6.45, 7) is 0.348. The topological polar surface area (TPSA) is 84.3 Å². The monoisotopic (exact) mass is 372 g/mol. The molecule has 1 amide bonds. The zero-order valence-electron chi connectivity index (χ0n) is 14.6. The number of hydrogen-bond acceptors (Lipinski definition) is 4. The van der Waals surface area contributed by atoms with Gasteiger partial charge in [-0.2, -0.15) is 5.10 Å². The van der Waals surface area contributed by atoms with E-state index in [4.69, 9.17) is 0 Å². The fourth-order valence-corrected chi connectivity index (χ4v) is 3.50. The maximum Gasteiger partial charge on any atom is 0.242 e. The lowest BCUT2D eigenvalue weighted by Gasteiger charge is -2.12. The zero-order chi connectivity index (χ0) is 18.7. The van der Waals surface area contributed by atoms with Gasteiger partial charge in [-0.3, -0.25) is 9.48 Å². The van der Waals surface area contributed by atoms with Crippen LogP contribution in [0.3, 0.4) is 0 Å². The van der Waals surface area contributed by atoms with Crippen molar-refractivity contribution in [3.05, 3.63) is 60.3 Å². The van der Waals surface area contributed by atoms with E-state index < -0.39 is 10.0 Å². The number of benzene rings is 2. The van der Waals surface area contributed by atoms with E-state index in [9.17, 15) is 13.2 Å². The molecule has 0 aliphatic heterocycles. The van der Waals surface area contributed by atoms with Crippen LogP contribution in [0.15, 0.2) is 59.6 Å². The first kappa shape index (κ1) is 18.1. The van der Waals surface area contributed by atoms with Gasteiger partial charge in [-0.05, 0) is 23.8 Å². The Morgan fingerprint density at radius 3 is 2.65 bits per heavy atom. The Morgan fingerprint density at radius 2 is 1.92 bits per heavy atom. The number of carbonyl (C=O) groups excluding carboxylic acids is 1. The van der Waals surface area contributed by atoms with Crippen LogP contribution in [-0.4, -0.2) is 42.5 Å². The Morgan fingerprint density at radius 1 is 1.15 bits per heavy atom. The average Bonchev–Trinajstić information content (AvgIpc) is 3.02. The van der Waals surface area contributed by atoms with Crippen molar-refractivity contribution < 1.29 is 13.2 Å². The van der Waals surface area contributed by atoms with Gasteiger partial charge in [0, 0.05) is 32.2 Å². The Labute approximate surface area is 152 Å². The van der Waals surface area contributed by atoms with Crippen molar-refractivity contribution in [2.75, 3.05) is 14.1 Å². The molecule has 0 fully saturated rings. The summed E-state index contributed by atoms with van der Waals surface area (Å²) in [6, 6.07) is 14.2. The lowest BCUT2D eigenvalue weighted by Crippen LogP contribution is -2.27. The molecule has 26 heavy (non-hydrogen) atoms. The molecule has 0 saturated heterocycles. The highest BCUT2D eigenvalue weighted by Gasteiger charge is 2.17. The smallest absolute Gasteiger partial charge is 0.242 e. The van der Waals surface area contributed by atoms with E-state index in [-0.39, 0.29) is 23.9 Å². The van der Waals surface area contributed by atoms with Crippen LogP contribution in [0.1, 0.15) is 5.56 Å². The summed E-state index contributed by atoms with van der Waals surface area (Å²) in [5, 5.41) is 8.11. The summed E-state index contributed by atoms with van der Waals surface area (Å²) in [7, 11) is -0.527. The third kappa shape index (κ3) is 3.92. The first-order valence-electron chi connectivity index (χ1n) is 8.06. The molecule has 0 bridgehead atoms. The number of aromatic nitrogens is 2. The van der Waals surface area contributed by atoms with Crippen LogP contribution in [0, 0.1) is 0 Å². The number of fused-ring (bicyclic) bond motifs is 1. The van der Waals surface area contributed by atoms with E-state index in [1.54, 1.807) is 22.9 Å². The second-order valence-electron chi connectivity index (χ2n) is 6.10. The molecule has 7 nitrogen and oxygen atoms in total. The summed E-state index contributed by atoms with van der Waals surface area (Å²) >= 11 is 0. The van der Waals surface area contributed by atoms with E-state index in [1.807, 2.05) is 30.5 Å². The summed E-state index contributed by atoms with van der Waals surface area (Å²) in [5.41, 5.74) is 1.55. The number of hydrogen-bond donors (Lipinski definition) is 1. The van der Waals surface area contributed by atoms with Gasteiger partial charge in [-0.25, -0.2) is 12.7 Å². The molecule has 136 valence electrons. The molecule has 0 aliphatic rings. The summed E-state index contributed by atoms with van der Waals surface area (Å²) in [4.78, 5) is 12.4. The molecule has 0 radical (unpaired) electrons. The van der Waals surface area contributed by atoms with Crippen molar-refractivity contribution in [1.82, 2.24) is 19.4 Å². The summed E-state index contributed by atoms with van der Waals surface area (Å²) < 4.78 is 27.1. The summed E-state index contributed by atoms with van der Waals surface area (Å²) in [6.07, 6.45) is 1.82. The standard InChI is InChI=1S/C18H20N4O3S/c1-21(2)26(24,25)16-8-5-6-14(10-16)11-19-18(23)13-22-12-15-7-3-4-9-17(15)20-22/h3-10,12H,11,13H2,1-2H3,(H,19,23). The Balaban J connectivity index is 1.64. The predicted molar refractivity (Wildman–Crippen MR) is 98.9 cm³/mol. The molecule has 8 heteroatoms. The molecule has 0 atom stereocenters. The van der Waals surface area contributed by atoms with Crippen molar-refractivity contribution in [3.63, 3.8) is 0 Å². The van der Waals surface area contributed by atoms with Crippen LogP contribution >= 0.6 is 0 Å². The summed E-state index contributed by atoms with van der Waals surface area (Å²) in [5.74, 6) is -0.196. The van der Waals surface area contributed by atoms with Crippen molar-refractivity contribution in [2.45, 2.75) is 18.0 Å². The highest BCUT2D eigenvalue weighted by molar-refractivity contribution is 7.89. The van der Waals surface area contributed by atoms with Crippen LogP contribution < -0.4 is 5.32 Å². The lowest BCUT2D eigenvalue weighted by atomic mass is 10.2. The van der Waals surface area contributed by atoms with Crippen LogP contribution in [0.25, 0.3) is 10.9 Å². The third-order valence-electron chi connectivity index (χ3n) is 3.93. The van der Waals surface area contributed by atoms with Gasteiger partial charge in [0.15, 0.2) is 0 Å². The highest BCUT2D eigenvalue weighted by Crippen LogP contribution is 2.15. The lowest BCUT2D eigenvalue weighted by molar-refractivity contribution is -0.122. The molecular weight excluding hydrogens is 352 g/mol. The fourth-order valence-electron chi connectivity index (χ4n) is 2.53.